The normalized spacial score (nSPS) is 12.0. The maximum atomic E-state index is 7.29. The van der Waals surface area contributed by atoms with Crippen molar-refractivity contribution in [3.05, 3.63) is 286 Å². The first kappa shape index (κ1) is 47.1. The van der Waals surface area contributed by atoms with Gasteiger partial charge in [-0.3, -0.25) is 13.8 Å². The van der Waals surface area contributed by atoms with Crippen LogP contribution in [-0.4, -0.2) is 23.8 Å². The minimum Gasteiger partial charge on any atom is -0.455 e. The molecule has 18 rings (SSSR count). The van der Waals surface area contributed by atoms with Crippen molar-refractivity contribution in [1.29, 1.82) is 0 Å². The first-order valence-corrected chi connectivity index (χ1v) is 28.8. The zero-order chi connectivity index (χ0) is 55.7. The Balaban J connectivity index is 0.816. The van der Waals surface area contributed by atoms with Gasteiger partial charge >= 0.3 is 0 Å². The van der Waals surface area contributed by atoms with Gasteiger partial charge in [-0.1, -0.05) is 158 Å². The molecule has 7 heterocycles. The molecule has 7 nitrogen and oxygen atoms in total. The molecule has 7 heteroatoms. The summed E-state index contributed by atoms with van der Waals surface area (Å²) in [4.78, 5) is 15.5. The summed E-state index contributed by atoms with van der Waals surface area (Å²) in [7, 11) is 0. The fourth-order valence-corrected chi connectivity index (χ4v) is 13.6. The van der Waals surface area contributed by atoms with E-state index in [0.717, 1.165) is 106 Å². The largest absolute Gasteiger partial charge is 0.455 e. The van der Waals surface area contributed by atoms with Gasteiger partial charge in [0.1, 0.15) is 28.2 Å². The highest BCUT2D eigenvalue weighted by Gasteiger charge is 2.27. The van der Waals surface area contributed by atoms with Gasteiger partial charge in [-0.05, 0) is 160 Å². The van der Waals surface area contributed by atoms with E-state index in [9.17, 15) is 0 Å². The number of hydrogen-bond acceptors (Lipinski definition) is 4. The van der Waals surface area contributed by atoms with E-state index in [2.05, 4.69) is 269 Å². The second-order valence-corrected chi connectivity index (χ2v) is 22.1. The van der Waals surface area contributed by atoms with Gasteiger partial charge in [0.25, 0.3) is 0 Å². The molecule has 0 spiro atoms. The van der Waals surface area contributed by atoms with E-state index in [4.69, 9.17) is 19.4 Å². The minimum atomic E-state index is 0.771. The molecular weight excluding hydrogens is 1040 g/mol. The SMILES string of the molecule is c1ccc(-c2nc3ccccn3c2-c2cc(-c3ccc4c5ccccc5c5ccccc5c4c3)c3oc4cc(-[n+]5ccccc5-c5nc6ccccn6c5-c5cccc(-c6ccc7c8ccccc8c8ccccc8c7c6)c5)ccc4c3c2)nc1. The van der Waals surface area contributed by atoms with Crippen molar-refractivity contribution in [3.8, 4) is 73.2 Å². The van der Waals surface area contributed by atoms with Crippen LogP contribution in [0.15, 0.2) is 290 Å². The van der Waals surface area contributed by atoms with Crippen LogP contribution in [0.2, 0.25) is 0 Å². The molecule has 11 aromatic carbocycles. The van der Waals surface area contributed by atoms with Crippen LogP contribution < -0.4 is 4.57 Å². The molecule has 18 aromatic rings. The highest BCUT2D eigenvalue weighted by atomic mass is 16.3. The van der Waals surface area contributed by atoms with Gasteiger partial charge in [0.2, 0.25) is 11.4 Å². The third kappa shape index (κ3) is 7.27. The van der Waals surface area contributed by atoms with Gasteiger partial charge in [-0.2, -0.15) is 4.57 Å². The summed E-state index contributed by atoms with van der Waals surface area (Å²) < 4.78 is 13.9. The van der Waals surface area contributed by atoms with Gasteiger partial charge in [0.15, 0.2) is 11.9 Å². The zero-order valence-corrected chi connectivity index (χ0v) is 45.7. The first-order valence-electron chi connectivity index (χ1n) is 28.8. The average molecular weight is 1080 g/mol. The molecule has 0 atom stereocenters. The molecule has 0 unspecified atom stereocenters. The molecule has 0 amide bonds. The fourth-order valence-electron chi connectivity index (χ4n) is 13.6. The summed E-state index contributed by atoms with van der Waals surface area (Å²) in [5.41, 5.74) is 16.0. The Bertz CT molecular complexity index is 5740. The van der Waals surface area contributed by atoms with Crippen LogP contribution in [0.3, 0.4) is 0 Å². The van der Waals surface area contributed by atoms with Crippen molar-refractivity contribution in [3.63, 3.8) is 0 Å². The number of imidazole rings is 2. The van der Waals surface area contributed by atoms with Gasteiger partial charge in [0, 0.05) is 64.3 Å². The van der Waals surface area contributed by atoms with Gasteiger partial charge < -0.3 is 4.42 Å². The summed E-state index contributed by atoms with van der Waals surface area (Å²) in [6.07, 6.45) is 8.17. The van der Waals surface area contributed by atoms with Crippen molar-refractivity contribution in [2.24, 2.45) is 0 Å². The number of benzene rings is 11. The highest BCUT2D eigenvalue weighted by molar-refractivity contribution is 6.27. The molecule has 7 aromatic heterocycles. The van der Waals surface area contributed by atoms with Crippen LogP contribution in [0, 0.1) is 0 Å². The number of hydrogen-bond donors (Lipinski definition) is 0. The van der Waals surface area contributed by atoms with Crippen LogP contribution in [-0.2, 0) is 0 Å². The van der Waals surface area contributed by atoms with Crippen molar-refractivity contribution in [1.82, 2.24) is 23.8 Å². The van der Waals surface area contributed by atoms with E-state index < -0.39 is 0 Å². The van der Waals surface area contributed by atoms with E-state index in [1.54, 1.807) is 0 Å². The maximum Gasteiger partial charge on any atom is 0.239 e. The number of pyridine rings is 4. The third-order valence-electron chi connectivity index (χ3n) is 17.4. The molecule has 0 saturated heterocycles. The predicted molar refractivity (Wildman–Crippen MR) is 348 cm³/mol. The molecule has 0 aliphatic carbocycles. The summed E-state index contributed by atoms with van der Waals surface area (Å²) >= 11 is 0. The maximum absolute atomic E-state index is 7.29. The number of furan rings is 1. The average Bonchev–Trinajstić information content (AvgIpc) is 2.97. The van der Waals surface area contributed by atoms with Crippen molar-refractivity contribution >= 4 is 97.9 Å². The molecular formula is C78H47N6O+. The van der Waals surface area contributed by atoms with Crippen molar-refractivity contribution < 1.29 is 8.98 Å². The third-order valence-corrected chi connectivity index (χ3v) is 17.4. The fraction of sp³-hybridized carbons (Fsp3) is 0. The Hall–Kier alpha value is -11.5. The van der Waals surface area contributed by atoms with Gasteiger partial charge in [0.05, 0.1) is 23.1 Å². The zero-order valence-electron chi connectivity index (χ0n) is 45.7. The van der Waals surface area contributed by atoms with Crippen LogP contribution in [0.1, 0.15) is 0 Å². The quantitative estimate of drug-likeness (QED) is 0.118. The summed E-state index contributed by atoms with van der Waals surface area (Å²) in [5, 5.41) is 16.9. The molecule has 0 saturated carbocycles. The van der Waals surface area contributed by atoms with Crippen LogP contribution >= 0.6 is 0 Å². The van der Waals surface area contributed by atoms with E-state index in [0.29, 0.717) is 0 Å². The Morgan fingerprint density at radius 2 is 0.835 bits per heavy atom. The summed E-state index contributed by atoms with van der Waals surface area (Å²) in [6.45, 7) is 0. The molecule has 0 N–H and O–H groups in total. The highest BCUT2D eigenvalue weighted by Crippen LogP contribution is 2.45. The summed E-state index contributed by atoms with van der Waals surface area (Å²) in [5.74, 6) is 0. The van der Waals surface area contributed by atoms with E-state index in [1.807, 2.05) is 30.5 Å². The van der Waals surface area contributed by atoms with Crippen LogP contribution in [0.25, 0.3) is 171 Å². The molecule has 0 bridgehead atoms. The van der Waals surface area contributed by atoms with E-state index >= 15 is 0 Å². The van der Waals surface area contributed by atoms with Gasteiger partial charge in [-0.25, -0.2) is 9.97 Å². The minimum absolute atomic E-state index is 0.771. The first-order chi connectivity index (χ1) is 42.1. The van der Waals surface area contributed by atoms with Crippen molar-refractivity contribution in [2.75, 3.05) is 0 Å². The summed E-state index contributed by atoms with van der Waals surface area (Å²) in [6, 6.07) is 93.7. The Morgan fingerprint density at radius 1 is 0.329 bits per heavy atom. The topological polar surface area (TPSA) is 64.5 Å². The molecule has 0 radical (unpaired) electrons. The number of nitrogens with zero attached hydrogens (tertiary/aromatic N) is 6. The molecule has 85 heavy (non-hydrogen) atoms. The lowest BCUT2D eigenvalue weighted by Gasteiger charge is -2.13. The van der Waals surface area contributed by atoms with E-state index in [1.165, 1.54) is 64.6 Å². The number of aromatic nitrogens is 6. The molecule has 0 fully saturated rings. The lowest BCUT2D eigenvalue weighted by Crippen LogP contribution is -2.32. The number of fused-ring (bicyclic) bond motifs is 17. The predicted octanol–water partition coefficient (Wildman–Crippen LogP) is 19.5. The van der Waals surface area contributed by atoms with Crippen LogP contribution in [0.4, 0.5) is 0 Å². The Kier molecular flexibility index (Phi) is 10.3. The number of rotatable bonds is 7. The lowest BCUT2D eigenvalue weighted by atomic mass is 9.91. The smallest absolute Gasteiger partial charge is 0.239 e. The lowest BCUT2D eigenvalue weighted by molar-refractivity contribution is -0.584. The second-order valence-electron chi connectivity index (χ2n) is 22.1. The standard InChI is InChI=1S/C78H47N6O/c1-3-24-58-54(20-1)56-22-5-7-26-60(56)66-43-49(32-35-62(58)66)48-18-17-19-51(42-48)76-75(81-73-31-12-15-40-83(73)76)70-29-10-14-39-82(70)53-34-37-64-68-46-52(77-74(69-28-9-13-38-79-69)80-72-30-11-16-41-84(72)77)45-65(78(68)85-71(64)47-53)50-33-36-63-59-25-4-2-21-55(59)57-23-6-8-27-61(57)67(63)44-50/h1-47H/q+1. The van der Waals surface area contributed by atoms with Crippen molar-refractivity contribution in [2.45, 2.75) is 0 Å². The molecule has 394 valence electrons. The molecule has 0 aliphatic rings. The van der Waals surface area contributed by atoms with Crippen LogP contribution in [0.5, 0.6) is 0 Å². The Labute approximate surface area is 486 Å². The van der Waals surface area contributed by atoms with E-state index in [-0.39, 0.29) is 0 Å². The Morgan fingerprint density at radius 3 is 1.47 bits per heavy atom. The van der Waals surface area contributed by atoms with Gasteiger partial charge in [-0.15, -0.1) is 0 Å². The second kappa shape index (κ2) is 18.5. The molecule has 0 aliphatic heterocycles. The monoisotopic (exact) mass is 1080 g/mol.